The molecule has 3 aromatic heterocycles. The van der Waals surface area contributed by atoms with Gasteiger partial charge in [0.25, 0.3) is 0 Å². The Morgan fingerprint density at radius 2 is 2.25 bits per heavy atom. The van der Waals surface area contributed by atoms with Crippen LogP contribution in [0.25, 0.3) is 4.96 Å². The summed E-state index contributed by atoms with van der Waals surface area (Å²) in [6.45, 7) is 5.12. The van der Waals surface area contributed by atoms with E-state index < -0.39 is 0 Å². The molecule has 0 aliphatic heterocycles. The van der Waals surface area contributed by atoms with Crippen LogP contribution in [0, 0.1) is 6.92 Å². The number of aromatic nitrogens is 3. The van der Waals surface area contributed by atoms with Crippen molar-refractivity contribution in [3.8, 4) is 0 Å². The highest BCUT2D eigenvalue weighted by molar-refractivity contribution is 7.15. The molecule has 0 N–H and O–H groups in total. The molecule has 0 aliphatic rings. The molecule has 3 rings (SSSR count). The van der Waals surface area contributed by atoms with Gasteiger partial charge in [0.1, 0.15) is 0 Å². The standard InChI is InChI=1S/C15H18N4S/c1-11-14(19-8-9-20-15(19)17-11)10-18(3)12(2)13-6-4-5-7-16-13/h4-9,12H,10H2,1-3H3. The molecule has 5 heteroatoms. The van der Waals surface area contributed by atoms with E-state index in [-0.39, 0.29) is 6.04 Å². The first kappa shape index (κ1) is 13.3. The van der Waals surface area contributed by atoms with Crippen LogP contribution in [0.3, 0.4) is 0 Å². The second kappa shape index (κ2) is 5.34. The third-order valence-corrected chi connectivity index (χ3v) is 4.49. The molecule has 1 unspecified atom stereocenters. The Balaban J connectivity index is 1.83. The van der Waals surface area contributed by atoms with E-state index in [4.69, 9.17) is 0 Å². The van der Waals surface area contributed by atoms with E-state index in [1.165, 1.54) is 5.69 Å². The number of aryl methyl sites for hydroxylation is 1. The van der Waals surface area contributed by atoms with Crippen molar-refractivity contribution >= 4 is 16.3 Å². The first-order valence-electron chi connectivity index (χ1n) is 6.69. The number of hydrogen-bond donors (Lipinski definition) is 0. The molecule has 0 aliphatic carbocycles. The van der Waals surface area contributed by atoms with Crippen LogP contribution in [-0.2, 0) is 6.54 Å². The Kier molecular flexibility index (Phi) is 3.54. The molecule has 3 aromatic rings. The summed E-state index contributed by atoms with van der Waals surface area (Å²) in [4.78, 5) is 12.4. The third kappa shape index (κ3) is 2.34. The molecule has 1 atom stereocenters. The van der Waals surface area contributed by atoms with E-state index in [1.807, 2.05) is 18.3 Å². The van der Waals surface area contributed by atoms with Crippen LogP contribution in [0.2, 0.25) is 0 Å². The van der Waals surface area contributed by atoms with Gasteiger partial charge in [-0.15, -0.1) is 11.3 Å². The van der Waals surface area contributed by atoms with E-state index in [2.05, 4.69) is 57.8 Å². The van der Waals surface area contributed by atoms with E-state index >= 15 is 0 Å². The number of hydrogen-bond acceptors (Lipinski definition) is 4. The minimum absolute atomic E-state index is 0.278. The van der Waals surface area contributed by atoms with Crippen molar-refractivity contribution in [2.45, 2.75) is 26.4 Å². The van der Waals surface area contributed by atoms with Gasteiger partial charge in [-0.05, 0) is 33.0 Å². The highest BCUT2D eigenvalue weighted by Gasteiger charge is 2.17. The largest absolute Gasteiger partial charge is 0.293 e. The van der Waals surface area contributed by atoms with Crippen LogP contribution in [0.4, 0.5) is 0 Å². The predicted octanol–water partition coefficient (Wildman–Crippen LogP) is 3.29. The number of rotatable bonds is 4. The molecule has 0 saturated heterocycles. The fraction of sp³-hybridized carbons (Fsp3) is 0.333. The van der Waals surface area contributed by atoms with Crippen molar-refractivity contribution in [1.29, 1.82) is 0 Å². The summed E-state index contributed by atoms with van der Waals surface area (Å²) < 4.78 is 2.18. The number of pyridine rings is 1. The summed E-state index contributed by atoms with van der Waals surface area (Å²) in [5, 5.41) is 2.08. The lowest BCUT2D eigenvalue weighted by Gasteiger charge is -2.24. The summed E-state index contributed by atoms with van der Waals surface area (Å²) in [5.74, 6) is 0. The van der Waals surface area contributed by atoms with Crippen LogP contribution in [-0.4, -0.2) is 26.3 Å². The minimum Gasteiger partial charge on any atom is -0.293 e. The average molecular weight is 286 g/mol. The number of imidazole rings is 1. The highest BCUT2D eigenvalue weighted by Crippen LogP contribution is 2.22. The van der Waals surface area contributed by atoms with Crippen LogP contribution in [0.1, 0.15) is 30.0 Å². The monoisotopic (exact) mass is 286 g/mol. The maximum Gasteiger partial charge on any atom is 0.194 e. The topological polar surface area (TPSA) is 33.4 Å². The average Bonchev–Trinajstić information content (AvgIpc) is 3.02. The zero-order chi connectivity index (χ0) is 14.1. The lowest BCUT2D eigenvalue weighted by atomic mass is 10.2. The Morgan fingerprint density at radius 3 is 3.00 bits per heavy atom. The van der Waals surface area contributed by atoms with Crippen LogP contribution < -0.4 is 0 Å². The SMILES string of the molecule is Cc1nc2sccn2c1CN(C)C(C)c1ccccn1. The van der Waals surface area contributed by atoms with Gasteiger partial charge in [-0.1, -0.05) is 6.07 Å². The van der Waals surface area contributed by atoms with Crippen molar-refractivity contribution in [1.82, 2.24) is 19.3 Å². The maximum absolute atomic E-state index is 4.60. The van der Waals surface area contributed by atoms with E-state index in [0.717, 1.165) is 22.9 Å². The van der Waals surface area contributed by atoms with Crippen LogP contribution >= 0.6 is 11.3 Å². The van der Waals surface area contributed by atoms with Crippen molar-refractivity contribution in [2.24, 2.45) is 0 Å². The summed E-state index contributed by atoms with van der Waals surface area (Å²) in [6.07, 6.45) is 3.94. The van der Waals surface area contributed by atoms with Gasteiger partial charge in [-0.2, -0.15) is 0 Å². The molecule has 0 amide bonds. The fourth-order valence-electron chi connectivity index (χ4n) is 2.35. The quantitative estimate of drug-likeness (QED) is 0.738. The molecule has 0 saturated carbocycles. The van der Waals surface area contributed by atoms with Crippen LogP contribution in [0.15, 0.2) is 36.0 Å². The Morgan fingerprint density at radius 1 is 1.40 bits per heavy atom. The number of fused-ring (bicyclic) bond motifs is 1. The molecule has 104 valence electrons. The van der Waals surface area contributed by atoms with Crippen molar-refractivity contribution in [3.63, 3.8) is 0 Å². The summed E-state index contributed by atoms with van der Waals surface area (Å²) in [5.41, 5.74) is 3.46. The third-order valence-electron chi connectivity index (χ3n) is 3.74. The molecular formula is C15H18N4S. The Bertz CT molecular complexity index is 701. The summed E-state index contributed by atoms with van der Waals surface area (Å²) in [7, 11) is 2.13. The second-order valence-corrected chi connectivity index (χ2v) is 5.92. The molecule has 0 radical (unpaired) electrons. The van der Waals surface area contributed by atoms with Gasteiger partial charge >= 0.3 is 0 Å². The molecule has 4 nitrogen and oxygen atoms in total. The van der Waals surface area contributed by atoms with Gasteiger partial charge in [-0.25, -0.2) is 4.98 Å². The Hall–Kier alpha value is -1.72. The molecule has 0 aromatic carbocycles. The summed E-state index contributed by atoms with van der Waals surface area (Å²) in [6, 6.07) is 6.34. The van der Waals surface area contributed by atoms with Gasteiger partial charge < -0.3 is 0 Å². The van der Waals surface area contributed by atoms with Gasteiger partial charge in [0.05, 0.1) is 17.1 Å². The smallest absolute Gasteiger partial charge is 0.194 e. The van der Waals surface area contributed by atoms with E-state index in [0.29, 0.717) is 0 Å². The number of thiazole rings is 1. The van der Waals surface area contributed by atoms with Gasteiger partial charge in [-0.3, -0.25) is 14.3 Å². The molecule has 20 heavy (non-hydrogen) atoms. The van der Waals surface area contributed by atoms with Gasteiger partial charge in [0.15, 0.2) is 4.96 Å². The predicted molar refractivity (Wildman–Crippen MR) is 81.9 cm³/mol. The van der Waals surface area contributed by atoms with Crippen LogP contribution in [0.5, 0.6) is 0 Å². The summed E-state index contributed by atoms with van der Waals surface area (Å²) >= 11 is 1.68. The zero-order valence-corrected chi connectivity index (χ0v) is 12.8. The number of nitrogens with zero attached hydrogens (tertiary/aromatic N) is 4. The minimum atomic E-state index is 0.278. The fourth-order valence-corrected chi connectivity index (χ4v) is 3.13. The molecule has 3 heterocycles. The lowest BCUT2D eigenvalue weighted by Crippen LogP contribution is -2.23. The molecule has 0 spiro atoms. The molecule has 0 bridgehead atoms. The van der Waals surface area contributed by atoms with E-state index in [1.54, 1.807) is 11.3 Å². The normalized spacial score (nSPS) is 13.2. The second-order valence-electron chi connectivity index (χ2n) is 5.05. The van der Waals surface area contributed by atoms with Crippen molar-refractivity contribution < 1.29 is 0 Å². The molecule has 0 fully saturated rings. The van der Waals surface area contributed by atoms with E-state index in [9.17, 15) is 0 Å². The Labute approximate surface area is 122 Å². The maximum atomic E-state index is 4.60. The first-order valence-corrected chi connectivity index (χ1v) is 7.57. The zero-order valence-electron chi connectivity index (χ0n) is 11.9. The molecular weight excluding hydrogens is 268 g/mol. The lowest BCUT2D eigenvalue weighted by molar-refractivity contribution is 0.244. The first-order chi connectivity index (χ1) is 9.66. The highest BCUT2D eigenvalue weighted by atomic mass is 32.1. The van der Waals surface area contributed by atoms with Gasteiger partial charge in [0.2, 0.25) is 0 Å². The van der Waals surface area contributed by atoms with Crippen molar-refractivity contribution in [2.75, 3.05) is 7.05 Å². The van der Waals surface area contributed by atoms with Gasteiger partial charge in [0, 0.05) is 30.4 Å². The van der Waals surface area contributed by atoms with Crippen molar-refractivity contribution in [3.05, 3.63) is 53.1 Å².